The first-order valence-corrected chi connectivity index (χ1v) is 14.3. The van der Waals surface area contributed by atoms with Crippen molar-refractivity contribution in [2.45, 2.75) is 131 Å². The molecule has 2 rings (SSSR count). The standard InChI is InChI=1S/C29H51N3O6/c1-11-12-13-30-26(35)23(18(4)5)31-25(34)21-16-19(33)15-20(21)24-22(14-17(2)3)32(29(9,10)37-24)27(36)38-28(6,7)8/h17-18,20-24H,11-16H2,1-10H3,(H,30,35)(H,31,34)/t20-,21-,22+,23+,24+/m1/s1. The molecule has 218 valence electrons. The van der Waals surface area contributed by atoms with E-state index < -0.39 is 41.4 Å². The Bertz CT molecular complexity index is 863. The summed E-state index contributed by atoms with van der Waals surface area (Å²) in [6.07, 6.45) is 1.78. The van der Waals surface area contributed by atoms with Gasteiger partial charge in [-0.25, -0.2) is 4.79 Å². The van der Waals surface area contributed by atoms with E-state index in [1.165, 1.54) is 0 Å². The van der Waals surface area contributed by atoms with Gasteiger partial charge in [0.2, 0.25) is 11.8 Å². The van der Waals surface area contributed by atoms with E-state index in [2.05, 4.69) is 24.5 Å². The molecule has 1 aliphatic heterocycles. The van der Waals surface area contributed by atoms with Gasteiger partial charge in [-0.1, -0.05) is 41.0 Å². The Morgan fingerprint density at radius 2 is 1.76 bits per heavy atom. The second kappa shape index (κ2) is 12.8. The van der Waals surface area contributed by atoms with E-state index in [4.69, 9.17) is 9.47 Å². The third-order valence-corrected chi connectivity index (χ3v) is 7.28. The molecule has 1 aliphatic carbocycles. The third kappa shape index (κ3) is 8.17. The average Bonchev–Trinajstić information content (AvgIpc) is 3.26. The summed E-state index contributed by atoms with van der Waals surface area (Å²) in [4.78, 5) is 54.1. The van der Waals surface area contributed by atoms with E-state index in [0.29, 0.717) is 13.0 Å². The molecule has 2 N–H and O–H groups in total. The normalized spacial score (nSPS) is 26.1. The summed E-state index contributed by atoms with van der Waals surface area (Å²) in [6, 6.07) is -1.05. The van der Waals surface area contributed by atoms with Crippen LogP contribution in [0.25, 0.3) is 0 Å². The molecule has 3 amide bonds. The third-order valence-electron chi connectivity index (χ3n) is 7.28. The number of hydrogen-bond donors (Lipinski definition) is 2. The zero-order valence-electron chi connectivity index (χ0n) is 25.2. The van der Waals surface area contributed by atoms with E-state index in [9.17, 15) is 19.2 Å². The van der Waals surface area contributed by atoms with Crippen LogP contribution >= 0.6 is 0 Å². The van der Waals surface area contributed by atoms with Crippen molar-refractivity contribution in [1.29, 1.82) is 0 Å². The fraction of sp³-hybridized carbons (Fsp3) is 0.862. The van der Waals surface area contributed by atoms with Gasteiger partial charge in [0, 0.05) is 25.3 Å². The van der Waals surface area contributed by atoms with Gasteiger partial charge in [0.25, 0.3) is 0 Å². The maximum absolute atomic E-state index is 13.6. The molecule has 1 saturated heterocycles. The molecule has 38 heavy (non-hydrogen) atoms. The second-order valence-electron chi connectivity index (χ2n) is 13.2. The summed E-state index contributed by atoms with van der Waals surface area (Å²) in [5.74, 6) is -1.46. The Morgan fingerprint density at radius 1 is 1.13 bits per heavy atom. The van der Waals surface area contributed by atoms with Crippen molar-refractivity contribution >= 4 is 23.7 Å². The van der Waals surface area contributed by atoms with Gasteiger partial charge in [-0.2, -0.15) is 0 Å². The van der Waals surface area contributed by atoms with Crippen molar-refractivity contribution in [3.05, 3.63) is 0 Å². The Morgan fingerprint density at radius 3 is 2.29 bits per heavy atom. The van der Waals surface area contributed by atoms with Gasteiger partial charge in [0.15, 0.2) is 0 Å². The number of nitrogens with one attached hydrogen (secondary N) is 2. The van der Waals surface area contributed by atoms with E-state index in [-0.39, 0.29) is 48.3 Å². The van der Waals surface area contributed by atoms with Crippen molar-refractivity contribution in [3.8, 4) is 0 Å². The number of ether oxygens (including phenoxy) is 2. The molecule has 0 aromatic rings. The zero-order chi connectivity index (χ0) is 29.0. The van der Waals surface area contributed by atoms with Crippen LogP contribution in [0.1, 0.15) is 101 Å². The molecule has 2 fully saturated rings. The van der Waals surface area contributed by atoms with Gasteiger partial charge in [-0.05, 0) is 59.3 Å². The topological polar surface area (TPSA) is 114 Å². The molecule has 0 spiro atoms. The summed E-state index contributed by atoms with van der Waals surface area (Å²) in [5.41, 5.74) is -1.65. The highest BCUT2D eigenvalue weighted by Gasteiger charge is 2.57. The van der Waals surface area contributed by atoms with Gasteiger partial charge in [-0.3, -0.25) is 19.3 Å². The molecular formula is C29H51N3O6. The van der Waals surface area contributed by atoms with E-state index >= 15 is 0 Å². The smallest absolute Gasteiger partial charge is 0.412 e. The summed E-state index contributed by atoms with van der Waals surface area (Å²) >= 11 is 0. The van der Waals surface area contributed by atoms with Crippen LogP contribution in [0.2, 0.25) is 0 Å². The van der Waals surface area contributed by atoms with E-state index in [1.807, 2.05) is 55.4 Å². The molecule has 9 heteroatoms. The van der Waals surface area contributed by atoms with Crippen LogP contribution in [-0.2, 0) is 23.9 Å². The first-order valence-electron chi connectivity index (χ1n) is 14.3. The number of hydrogen-bond acceptors (Lipinski definition) is 6. The minimum Gasteiger partial charge on any atom is -0.444 e. The van der Waals surface area contributed by atoms with Crippen LogP contribution in [0.5, 0.6) is 0 Å². The lowest BCUT2D eigenvalue weighted by Crippen LogP contribution is -2.53. The van der Waals surface area contributed by atoms with Crippen molar-refractivity contribution in [3.63, 3.8) is 0 Å². The monoisotopic (exact) mass is 537 g/mol. The first-order chi connectivity index (χ1) is 17.5. The van der Waals surface area contributed by atoms with Crippen LogP contribution in [0.3, 0.4) is 0 Å². The number of nitrogens with zero attached hydrogens (tertiary/aromatic N) is 1. The molecule has 0 unspecified atom stereocenters. The number of carbonyl (C=O) groups excluding carboxylic acids is 4. The van der Waals surface area contributed by atoms with Crippen molar-refractivity contribution in [2.24, 2.45) is 23.7 Å². The van der Waals surface area contributed by atoms with Crippen LogP contribution in [0, 0.1) is 23.7 Å². The van der Waals surface area contributed by atoms with Gasteiger partial charge in [0.05, 0.1) is 18.1 Å². The fourth-order valence-corrected chi connectivity index (χ4v) is 5.59. The highest BCUT2D eigenvalue weighted by molar-refractivity contribution is 5.93. The van der Waals surface area contributed by atoms with E-state index in [1.54, 1.807) is 4.90 Å². The summed E-state index contributed by atoms with van der Waals surface area (Å²) < 4.78 is 12.2. The average molecular weight is 538 g/mol. The minimum absolute atomic E-state index is 0.0101. The molecule has 0 bridgehead atoms. The molecular weight excluding hydrogens is 486 g/mol. The summed E-state index contributed by atoms with van der Waals surface area (Å²) in [7, 11) is 0. The lowest BCUT2D eigenvalue weighted by molar-refractivity contribution is -0.135. The SMILES string of the molecule is CCCCNC(=O)[C@@H](NC(=O)[C@@H]1CC(=O)C[C@H]1[C@@H]1OC(C)(C)N(C(=O)OC(C)(C)C)[C@H]1CC(C)C)C(C)C. The van der Waals surface area contributed by atoms with Crippen LogP contribution in [0.4, 0.5) is 4.79 Å². The lowest BCUT2D eigenvalue weighted by atomic mass is 9.83. The molecule has 1 heterocycles. The largest absolute Gasteiger partial charge is 0.444 e. The molecule has 0 radical (unpaired) electrons. The summed E-state index contributed by atoms with van der Waals surface area (Å²) in [5, 5.41) is 5.85. The maximum Gasteiger partial charge on any atom is 0.412 e. The number of rotatable bonds is 10. The van der Waals surface area contributed by atoms with Gasteiger partial charge in [0.1, 0.15) is 23.2 Å². The molecule has 1 saturated carbocycles. The van der Waals surface area contributed by atoms with Crippen LogP contribution in [-0.4, -0.2) is 64.6 Å². The van der Waals surface area contributed by atoms with Crippen LogP contribution in [0.15, 0.2) is 0 Å². The van der Waals surface area contributed by atoms with Crippen molar-refractivity contribution < 1.29 is 28.7 Å². The van der Waals surface area contributed by atoms with Gasteiger partial charge >= 0.3 is 6.09 Å². The van der Waals surface area contributed by atoms with E-state index in [0.717, 1.165) is 12.8 Å². The van der Waals surface area contributed by atoms with Crippen molar-refractivity contribution in [1.82, 2.24) is 15.5 Å². The number of carbonyl (C=O) groups is 4. The maximum atomic E-state index is 13.6. The Balaban J connectivity index is 2.33. The predicted octanol–water partition coefficient (Wildman–Crippen LogP) is 4.43. The van der Waals surface area contributed by atoms with Gasteiger partial charge < -0.3 is 20.1 Å². The molecule has 0 aromatic heterocycles. The molecule has 5 atom stereocenters. The predicted molar refractivity (Wildman–Crippen MR) is 146 cm³/mol. The Labute approximate surface area is 229 Å². The lowest BCUT2D eigenvalue weighted by Gasteiger charge is -2.36. The molecule has 9 nitrogen and oxygen atoms in total. The second-order valence-corrected chi connectivity index (χ2v) is 13.2. The number of amides is 3. The molecule has 0 aromatic carbocycles. The zero-order valence-corrected chi connectivity index (χ0v) is 25.2. The van der Waals surface area contributed by atoms with Crippen molar-refractivity contribution in [2.75, 3.05) is 6.54 Å². The highest BCUT2D eigenvalue weighted by Crippen LogP contribution is 2.45. The molecule has 2 aliphatic rings. The quantitative estimate of drug-likeness (QED) is 0.399. The fourth-order valence-electron chi connectivity index (χ4n) is 5.59. The highest BCUT2D eigenvalue weighted by atomic mass is 16.6. The minimum atomic E-state index is -0.973. The summed E-state index contributed by atoms with van der Waals surface area (Å²) in [6.45, 7) is 19.7. The Hall–Kier alpha value is -2.16. The number of ketones is 1. The van der Waals surface area contributed by atoms with Gasteiger partial charge in [-0.15, -0.1) is 0 Å². The number of unbranched alkanes of at least 4 members (excludes halogenated alkanes) is 1. The number of Topliss-reactive ketones (excluding diaryl/α,β-unsaturated/α-hetero) is 1. The first kappa shape index (κ1) is 32.1. The van der Waals surface area contributed by atoms with Crippen LogP contribution < -0.4 is 10.6 Å². The Kier molecular flexibility index (Phi) is 10.8.